The Balaban J connectivity index is 0.000000677. The van der Waals surface area contributed by atoms with Gasteiger partial charge in [0.05, 0.1) is 11.4 Å². The van der Waals surface area contributed by atoms with E-state index < -0.39 is 17.4 Å². The molecule has 1 aliphatic heterocycles. The first-order valence-electron chi connectivity index (χ1n) is 5.46. The van der Waals surface area contributed by atoms with Crippen molar-refractivity contribution in [3.05, 3.63) is 36.2 Å². The number of carboxylic acids is 2. The summed E-state index contributed by atoms with van der Waals surface area (Å²) in [6.07, 6.45) is 3.88. The fraction of sp³-hybridized carbons (Fsp3) is 0.167. The minimum atomic E-state index is -1.97. The molecule has 0 aromatic carbocycles. The molecule has 0 bridgehead atoms. The number of hydrogen-bond acceptors (Lipinski definition) is 4. The summed E-state index contributed by atoms with van der Waals surface area (Å²) in [5, 5.41) is 18.0. The predicted octanol–water partition coefficient (Wildman–Crippen LogP) is 2.43. The van der Waals surface area contributed by atoms with E-state index in [0.717, 1.165) is 6.21 Å². The Hall–Kier alpha value is -1.30. The molecule has 9 heteroatoms. The second kappa shape index (κ2) is 8.22. The zero-order chi connectivity index (χ0) is 15.9. The molecule has 114 valence electrons. The third-order valence-electron chi connectivity index (χ3n) is 2.73. The molecule has 2 rings (SSSR count). The molecule has 0 unspecified atom stereocenters. The van der Waals surface area contributed by atoms with Gasteiger partial charge in [0.15, 0.2) is 0 Å². The van der Waals surface area contributed by atoms with Gasteiger partial charge in [0.25, 0.3) is 0 Å². The molecule has 0 spiro atoms. The van der Waals surface area contributed by atoms with Crippen LogP contribution in [0, 0.1) is 5.41 Å². The van der Waals surface area contributed by atoms with Crippen LogP contribution in [0.3, 0.4) is 0 Å². The number of aliphatic carboxylic acids is 2. The van der Waals surface area contributed by atoms with E-state index in [1.807, 2.05) is 0 Å². The van der Waals surface area contributed by atoms with Crippen LogP contribution in [-0.4, -0.2) is 33.4 Å². The van der Waals surface area contributed by atoms with Crippen molar-refractivity contribution < 1.29 is 34.9 Å². The monoisotopic (exact) mass is 418 g/mol. The second-order valence-electron chi connectivity index (χ2n) is 3.90. The van der Waals surface area contributed by atoms with Gasteiger partial charge < -0.3 is 10.2 Å². The van der Waals surface area contributed by atoms with Crippen LogP contribution >= 0.6 is 19.4 Å². The van der Waals surface area contributed by atoms with Crippen LogP contribution in [0.5, 0.6) is 0 Å². The van der Waals surface area contributed by atoms with Crippen molar-refractivity contribution in [1.82, 2.24) is 4.98 Å². The molecular formula is C12H10Cl2N2O4Ru. The molecule has 2 N–H and O–H groups in total. The minimum absolute atomic E-state index is 0.146. The van der Waals surface area contributed by atoms with Gasteiger partial charge in [0, 0.05) is 12.4 Å². The molecule has 0 saturated carbocycles. The number of carboxylic acid groups (broad SMARTS) is 2. The molecule has 6 nitrogen and oxygen atoms in total. The summed E-state index contributed by atoms with van der Waals surface area (Å²) in [5.74, 6) is -2.84. The number of carbonyl (C=O) groups is 2. The summed E-state index contributed by atoms with van der Waals surface area (Å²) in [7, 11) is 9.71. The summed E-state index contributed by atoms with van der Waals surface area (Å²) >= 11 is -0.346. The Morgan fingerprint density at radius 3 is 2.24 bits per heavy atom. The molecular weight excluding hydrogens is 408 g/mol. The van der Waals surface area contributed by atoms with E-state index in [0.29, 0.717) is 11.4 Å². The number of nitrogens with zero attached hydrogens (tertiary/aromatic N) is 2. The average Bonchev–Trinajstić information content (AvgIpc) is 2.48. The van der Waals surface area contributed by atoms with Crippen LogP contribution in [0.2, 0.25) is 0 Å². The van der Waals surface area contributed by atoms with Crippen molar-refractivity contribution in [2.45, 2.75) is 6.42 Å². The Kier molecular flexibility index (Phi) is 6.95. The normalized spacial score (nSPS) is 15.6. The first kappa shape index (κ1) is 17.8. The van der Waals surface area contributed by atoms with Gasteiger partial charge in [-0.2, -0.15) is 0 Å². The zero-order valence-corrected chi connectivity index (χ0v) is 13.6. The SMILES string of the molecule is O=C(O)C1(C(=O)O)C=NC(c2ccccn2)=CC1.[Cl][Ru][Cl]. The van der Waals surface area contributed by atoms with Crippen molar-refractivity contribution in [2.75, 3.05) is 0 Å². The standard InChI is InChI=1S/C12H10N2O4.2ClH.Ru/c15-10(16)12(11(17)18)5-4-9(14-7-12)8-3-1-2-6-13-8;;;/h1-4,6-7H,5H2,(H,15,16)(H,17,18);2*1H;/q;;;+2/p-2. The van der Waals surface area contributed by atoms with E-state index in [-0.39, 0.29) is 21.6 Å². The molecule has 0 aliphatic carbocycles. The predicted molar refractivity (Wildman–Crippen MR) is 74.7 cm³/mol. The van der Waals surface area contributed by atoms with Crippen LogP contribution in [0.1, 0.15) is 12.1 Å². The van der Waals surface area contributed by atoms with Crippen LogP contribution in [0.15, 0.2) is 35.5 Å². The van der Waals surface area contributed by atoms with Crippen LogP contribution in [0.25, 0.3) is 5.70 Å². The van der Waals surface area contributed by atoms with E-state index in [9.17, 15) is 9.59 Å². The fourth-order valence-corrected chi connectivity index (χ4v) is 1.60. The van der Waals surface area contributed by atoms with Gasteiger partial charge in [-0.1, -0.05) is 12.1 Å². The Morgan fingerprint density at radius 1 is 1.24 bits per heavy atom. The first-order chi connectivity index (χ1) is 9.97. The Bertz CT molecular complexity index is 564. The topological polar surface area (TPSA) is 99.8 Å². The van der Waals surface area contributed by atoms with Crippen molar-refractivity contribution in [3.63, 3.8) is 0 Å². The van der Waals surface area contributed by atoms with E-state index in [2.05, 4.69) is 9.98 Å². The summed E-state index contributed by atoms with van der Waals surface area (Å²) in [5.41, 5.74) is -0.912. The van der Waals surface area contributed by atoms with Crippen molar-refractivity contribution in [1.29, 1.82) is 0 Å². The van der Waals surface area contributed by atoms with E-state index >= 15 is 0 Å². The Morgan fingerprint density at radius 2 is 1.86 bits per heavy atom. The van der Waals surface area contributed by atoms with Crippen molar-refractivity contribution in [3.8, 4) is 0 Å². The molecule has 0 fully saturated rings. The van der Waals surface area contributed by atoms with Gasteiger partial charge in [0.2, 0.25) is 5.41 Å². The van der Waals surface area contributed by atoms with Crippen LogP contribution < -0.4 is 0 Å². The van der Waals surface area contributed by atoms with Crippen LogP contribution in [-0.2, 0) is 24.7 Å². The third-order valence-corrected chi connectivity index (χ3v) is 2.73. The van der Waals surface area contributed by atoms with Gasteiger partial charge in [0.1, 0.15) is 0 Å². The molecule has 0 atom stereocenters. The number of pyridine rings is 1. The summed E-state index contributed by atoms with van der Waals surface area (Å²) in [6, 6.07) is 5.24. The maximum absolute atomic E-state index is 11.0. The van der Waals surface area contributed by atoms with Crippen molar-refractivity contribution >= 4 is 43.2 Å². The second-order valence-corrected chi connectivity index (χ2v) is 6.54. The van der Waals surface area contributed by atoms with E-state index in [1.54, 1.807) is 24.4 Å². The van der Waals surface area contributed by atoms with Gasteiger partial charge in [-0.3, -0.25) is 19.6 Å². The number of aromatic nitrogens is 1. The van der Waals surface area contributed by atoms with Crippen molar-refractivity contribution in [2.24, 2.45) is 10.4 Å². The quantitative estimate of drug-likeness (QED) is 0.580. The van der Waals surface area contributed by atoms with Crippen LogP contribution in [0.4, 0.5) is 0 Å². The van der Waals surface area contributed by atoms with E-state index in [4.69, 9.17) is 29.6 Å². The third kappa shape index (κ3) is 4.33. The number of hydrogen-bond donors (Lipinski definition) is 2. The molecule has 21 heavy (non-hydrogen) atoms. The fourth-order valence-electron chi connectivity index (χ4n) is 1.60. The molecule has 1 aliphatic rings. The number of rotatable bonds is 3. The summed E-state index contributed by atoms with van der Waals surface area (Å²) < 4.78 is 0. The zero-order valence-electron chi connectivity index (χ0n) is 10.4. The van der Waals surface area contributed by atoms with Gasteiger partial charge in [-0.05, 0) is 18.6 Å². The molecule has 0 radical (unpaired) electrons. The van der Waals surface area contributed by atoms with Gasteiger partial charge in [-0.25, -0.2) is 0 Å². The molecule has 2 heterocycles. The molecule has 0 amide bonds. The van der Waals surface area contributed by atoms with Gasteiger partial charge >= 0.3 is 46.5 Å². The average molecular weight is 418 g/mol. The Labute approximate surface area is 136 Å². The number of aliphatic imine (C=N–C) groups is 1. The van der Waals surface area contributed by atoms with Gasteiger partial charge in [-0.15, -0.1) is 0 Å². The molecule has 1 aromatic rings. The molecule has 0 saturated heterocycles. The van der Waals surface area contributed by atoms with E-state index in [1.165, 1.54) is 6.08 Å². The summed E-state index contributed by atoms with van der Waals surface area (Å²) in [6.45, 7) is 0. The maximum atomic E-state index is 11.0. The molecule has 1 aromatic heterocycles. The first-order valence-corrected chi connectivity index (χ1v) is 9.94. The number of allylic oxidation sites excluding steroid dienone is 1. The number of halogens is 2. The summed E-state index contributed by atoms with van der Waals surface area (Å²) in [4.78, 5) is 30.1.